The summed E-state index contributed by atoms with van der Waals surface area (Å²) in [6.07, 6.45) is 5.92. The molecule has 0 fully saturated rings. The van der Waals surface area contributed by atoms with Gasteiger partial charge in [0.05, 0.1) is 13.2 Å². The Morgan fingerprint density at radius 3 is 1.97 bits per heavy atom. The fourth-order valence-corrected chi connectivity index (χ4v) is 2.92. The van der Waals surface area contributed by atoms with Gasteiger partial charge in [-0.2, -0.15) is 0 Å². The zero-order valence-electron chi connectivity index (χ0n) is 20.7. The van der Waals surface area contributed by atoms with Crippen LogP contribution in [0.4, 0.5) is 0 Å². The fourth-order valence-electron chi connectivity index (χ4n) is 2.92. The number of benzene rings is 2. The number of methoxy groups -OCH3 is 1. The quantitative estimate of drug-likeness (QED) is 0.357. The maximum atomic E-state index is 11.3. The summed E-state index contributed by atoms with van der Waals surface area (Å²) in [5.41, 5.74) is 4.30. The smallest absolute Gasteiger partial charge is 0.331 e. The highest BCUT2D eigenvalue weighted by atomic mass is 16.5. The highest BCUT2D eigenvalue weighted by Crippen LogP contribution is 2.25. The Balaban J connectivity index is 0.000000331. The third kappa shape index (κ3) is 10.7. The van der Waals surface area contributed by atoms with Gasteiger partial charge in [0.25, 0.3) is 0 Å². The molecule has 0 aliphatic rings. The lowest BCUT2D eigenvalue weighted by Gasteiger charge is -2.11. The summed E-state index contributed by atoms with van der Waals surface area (Å²) >= 11 is 0. The van der Waals surface area contributed by atoms with Crippen LogP contribution in [0.25, 0.3) is 12.2 Å². The fraction of sp³-hybridized carbons (Fsp3) is 0.357. The zero-order valence-corrected chi connectivity index (χ0v) is 20.7. The summed E-state index contributed by atoms with van der Waals surface area (Å²) in [6, 6.07) is 13.8. The van der Waals surface area contributed by atoms with E-state index in [1.165, 1.54) is 11.6 Å². The van der Waals surface area contributed by atoms with Crippen molar-refractivity contribution < 1.29 is 24.2 Å². The largest absolute Gasteiger partial charge is 0.497 e. The maximum absolute atomic E-state index is 11.3. The summed E-state index contributed by atoms with van der Waals surface area (Å²) in [4.78, 5) is 21.8. The lowest BCUT2D eigenvalue weighted by molar-refractivity contribution is -0.141. The van der Waals surface area contributed by atoms with Crippen LogP contribution in [-0.2, 0) is 14.3 Å². The predicted octanol–water partition coefficient (Wildman–Crippen LogP) is 6.69. The second-order valence-electron chi connectivity index (χ2n) is 8.46. The molecule has 0 amide bonds. The molecule has 0 spiro atoms. The van der Waals surface area contributed by atoms with Crippen molar-refractivity contribution in [3.8, 4) is 5.75 Å². The van der Waals surface area contributed by atoms with Gasteiger partial charge < -0.3 is 14.6 Å². The second-order valence-corrected chi connectivity index (χ2v) is 8.46. The molecule has 5 heteroatoms. The van der Waals surface area contributed by atoms with E-state index in [-0.39, 0.29) is 12.1 Å². The van der Waals surface area contributed by atoms with Crippen molar-refractivity contribution in [2.75, 3.05) is 7.11 Å². The maximum Gasteiger partial charge on any atom is 0.331 e. The number of carboxylic acid groups (broad SMARTS) is 1. The first-order valence-electron chi connectivity index (χ1n) is 11.1. The van der Waals surface area contributed by atoms with Gasteiger partial charge in [-0.1, -0.05) is 58.0 Å². The van der Waals surface area contributed by atoms with Crippen molar-refractivity contribution >= 4 is 24.1 Å². The lowest BCUT2D eigenvalue weighted by Crippen LogP contribution is -2.08. The van der Waals surface area contributed by atoms with Gasteiger partial charge in [0.1, 0.15) is 5.75 Å². The molecule has 2 rings (SSSR count). The Morgan fingerprint density at radius 2 is 1.48 bits per heavy atom. The summed E-state index contributed by atoms with van der Waals surface area (Å²) in [5.74, 6) is 0.400. The Kier molecular flexibility index (Phi) is 11.7. The Labute approximate surface area is 197 Å². The Bertz CT molecular complexity index is 951. The molecule has 2 aromatic rings. The number of hydrogen-bond acceptors (Lipinski definition) is 4. The van der Waals surface area contributed by atoms with Gasteiger partial charge >= 0.3 is 11.9 Å². The third-order valence-corrected chi connectivity index (χ3v) is 4.69. The summed E-state index contributed by atoms with van der Waals surface area (Å²) < 4.78 is 10.2. The molecular formula is C28H36O5. The zero-order chi connectivity index (χ0) is 25.0. The van der Waals surface area contributed by atoms with Gasteiger partial charge in [0, 0.05) is 12.2 Å². The topological polar surface area (TPSA) is 72.8 Å². The number of esters is 1. The molecular weight excluding hydrogens is 416 g/mol. The van der Waals surface area contributed by atoms with Crippen molar-refractivity contribution in [1.82, 2.24) is 0 Å². The standard InChI is InChI=1S/C15H20O2.C13H16O3/c1-11(2)14-8-5-13(6-9-14)7-10-15(16)17-12(3)4;1-9(2)12-8-11(16-3)6-4-10(12)5-7-13(14)15/h5-12H,1-4H3;4-9H,1-3H3,(H,14,15). The van der Waals surface area contributed by atoms with Crippen molar-refractivity contribution in [1.29, 1.82) is 0 Å². The van der Waals surface area contributed by atoms with E-state index in [1.807, 2.05) is 44.2 Å². The van der Waals surface area contributed by atoms with Gasteiger partial charge in [0.2, 0.25) is 0 Å². The van der Waals surface area contributed by atoms with Gasteiger partial charge in [-0.3, -0.25) is 0 Å². The molecule has 2 aromatic carbocycles. The van der Waals surface area contributed by atoms with E-state index in [4.69, 9.17) is 14.6 Å². The first-order valence-corrected chi connectivity index (χ1v) is 11.1. The van der Waals surface area contributed by atoms with E-state index >= 15 is 0 Å². The van der Waals surface area contributed by atoms with E-state index < -0.39 is 5.97 Å². The number of carbonyl (C=O) groups excluding carboxylic acids is 1. The molecule has 0 aromatic heterocycles. The van der Waals surface area contributed by atoms with Crippen LogP contribution < -0.4 is 4.74 Å². The Morgan fingerprint density at radius 1 is 0.848 bits per heavy atom. The van der Waals surface area contributed by atoms with Crippen LogP contribution >= 0.6 is 0 Å². The van der Waals surface area contributed by atoms with Gasteiger partial charge in [-0.05, 0) is 72.2 Å². The highest BCUT2D eigenvalue weighted by molar-refractivity contribution is 5.87. The van der Waals surface area contributed by atoms with Gasteiger partial charge in [0.15, 0.2) is 0 Å². The molecule has 0 atom stereocenters. The molecule has 0 heterocycles. The average Bonchev–Trinajstić information content (AvgIpc) is 2.76. The summed E-state index contributed by atoms with van der Waals surface area (Å²) in [7, 11) is 1.62. The lowest BCUT2D eigenvalue weighted by atomic mass is 9.96. The number of hydrogen-bond donors (Lipinski definition) is 1. The van der Waals surface area contributed by atoms with E-state index in [9.17, 15) is 9.59 Å². The number of ether oxygens (including phenoxy) is 2. The molecule has 1 N–H and O–H groups in total. The van der Waals surface area contributed by atoms with E-state index in [0.717, 1.165) is 28.5 Å². The molecule has 0 aliphatic heterocycles. The highest BCUT2D eigenvalue weighted by Gasteiger charge is 2.06. The van der Waals surface area contributed by atoms with Crippen LogP contribution in [-0.4, -0.2) is 30.3 Å². The van der Waals surface area contributed by atoms with Crippen molar-refractivity contribution in [3.05, 3.63) is 76.9 Å². The normalized spacial score (nSPS) is 11.2. The van der Waals surface area contributed by atoms with Crippen molar-refractivity contribution in [3.63, 3.8) is 0 Å². The second kappa shape index (κ2) is 13.9. The number of rotatable bonds is 8. The first-order chi connectivity index (χ1) is 15.5. The SMILES string of the molecule is CC(C)OC(=O)C=Cc1ccc(C(C)C)cc1.COc1ccc(C=CC(=O)O)c(C(C)C)c1. The molecule has 0 unspecified atom stereocenters. The van der Waals surface area contributed by atoms with Gasteiger partial charge in [-0.25, -0.2) is 9.59 Å². The monoisotopic (exact) mass is 452 g/mol. The van der Waals surface area contributed by atoms with Crippen LogP contribution in [0.2, 0.25) is 0 Å². The van der Waals surface area contributed by atoms with E-state index in [2.05, 4.69) is 39.8 Å². The van der Waals surface area contributed by atoms with Crippen LogP contribution in [0.15, 0.2) is 54.6 Å². The minimum absolute atomic E-state index is 0.0736. The molecule has 5 nitrogen and oxygen atoms in total. The van der Waals surface area contributed by atoms with E-state index in [1.54, 1.807) is 19.3 Å². The molecule has 0 bridgehead atoms. The predicted molar refractivity (Wildman–Crippen MR) is 135 cm³/mol. The number of carbonyl (C=O) groups is 2. The summed E-state index contributed by atoms with van der Waals surface area (Å²) in [5, 5.41) is 8.59. The van der Waals surface area contributed by atoms with Crippen molar-refractivity contribution in [2.45, 2.75) is 59.5 Å². The molecule has 33 heavy (non-hydrogen) atoms. The third-order valence-electron chi connectivity index (χ3n) is 4.69. The first kappa shape index (κ1) is 27.7. The molecule has 0 saturated heterocycles. The number of carboxylic acids is 1. The minimum Gasteiger partial charge on any atom is -0.497 e. The summed E-state index contributed by atoms with van der Waals surface area (Å²) in [6.45, 7) is 12.1. The van der Waals surface area contributed by atoms with Crippen LogP contribution in [0.1, 0.15) is 75.6 Å². The Hall–Kier alpha value is -3.34. The van der Waals surface area contributed by atoms with Crippen LogP contribution in [0.5, 0.6) is 5.75 Å². The molecule has 0 saturated carbocycles. The average molecular weight is 453 g/mol. The molecule has 178 valence electrons. The van der Waals surface area contributed by atoms with Crippen LogP contribution in [0.3, 0.4) is 0 Å². The van der Waals surface area contributed by atoms with E-state index in [0.29, 0.717) is 11.8 Å². The molecule has 0 radical (unpaired) electrons. The van der Waals surface area contributed by atoms with Gasteiger partial charge in [-0.15, -0.1) is 0 Å². The van der Waals surface area contributed by atoms with Crippen molar-refractivity contribution in [2.24, 2.45) is 0 Å². The molecule has 0 aliphatic carbocycles. The van der Waals surface area contributed by atoms with Crippen LogP contribution in [0, 0.1) is 0 Å². The minimum atomic E-state index is -0.939. The number of aliphatic carboxylic acids is 1.